The molecule has 7 nitrogen and oxygen atoms in total. The summed E-state index contributed by atoms with van der Waals surface area (Å²) in [6, 6.07) is 1.57. The maximum atomic E-state index is 15.0. The molecule has 1 aliphatic rings. The number of benzene rings is 1. The maximum absolute atomic E-state index is 15.0. The number of hydrogen-bond donors (Lipinski definition) is 0. The fourth-order valence-electron chi connectivity index (χ4n) is 3.18. The van der Waals surface area contributed by atoms with Crippen LogP contribution >= 0.6 is 0 Å². The Morgan fingerprint density at radius 1 is 1.22 bits per heavy atom. The predicted molar refractivity (Wildman–Crippen MR) is 107 cm³/mol. The molecule has 176 valence electrons. The minimum atomic E-state index is -4.74. The van der Waals surface area contributed by atoms with E-state index in [1.54, 1.807) is 20.8 Å². The third kappa shape index (κ3) is 4.81. The molecule has 0 spiro atoms. The molecule has 1 aromatic heterocycles. The lowest BCUT2D eigenvalue weighted by atomic mass is 9.85. The number of halogens is 4. The van der Waals surface area contributed by atoms with Crippen molar-refractivity contribution in [3.8, 4) is 11.4 Å². The number of esters is 1. The molecule has 0 radical (unpaired) electrons. The third-order valence-electron chi connectivity index (χ3n) is 5.15. The van der Waals surface area contributed by atoms with Gasteiger partial charge in [0, 0.05) is 19.0 Å². The molecule has 0 saturated heterocycles. The van der Waals surface area contributed by atoms with Crippen molar-refractivity contribution in [2.45, 2.75) is 70.8 Å². The van der Waals surface area contributed by atoms with E-state index < -0.39 is 52.4 Å². The monoisotopic (exact) mass is 459 g/mol. The summed E-state index contributed by atoms with van der Waals surface area (Å²) in [5.74, 6) is -2.14. The molecular formula is C21H25F4N3O4. The second kappa shape index (κ2) is 8.25. The van der Waals surface area contributed by atoms with Gasteiger partial charge < -0.3 is 9.47 Å². The lowest BCUT2D eigenvalue weighted by Gasteiger charge is -2.23. The first-order chi connectivity index (χ1) is 14.7. The van der Waals surface area contributed by atoms with Crippen LogP contribution < -0.4 is 10.4 Å². The SMILES string of the molecule is C[C@H](Oc1cc(-n2nc(C3CCC3)n(C)c2=O)c(F)cc1C(=O)OC(C)(C)C)C(F)(F)F. The highest BCUT2D eigenvalue weighted by Gasteiger charge is 2.39. The van der Waals surface area contributed by atoms with Crippen LogP contribution in [0.1, 0.15) is 69.1 Å². The van der Waals surface area contributed by atoms with Crippen molar-refractivity contribution in [3.05, 3.63) is 39.8 Å². The van der Waals surface area contributed by atoms with Gasteiger partial charge in [-0.1, -0.05) is 6.42 Å². The molecule has 0 amide bonds. The standard InChI is InChI=1S/C21H25F4N3O4/c1-11(21(23,24)25)31-16-10-15(14(22)9-13(16)18(29)32-20(2,3)4)28-19(30)27(5)17(26-28)12-7-6-8-12/h9-12H,6-8H2,1-5H3/t11-/m0/s1. The first kappa shape index (κ1) is 23.8. The number of carbonyl (C=O) groups excluding carboxylic acids is 1. The Morgan fingerprint density at radius 3 is 2.34 bits per heavy atom. The van der Waals surface area contributed by atoms with E-state index in [0.717, 1.165) is 36.9 Å². The zero-order valence-corrected chi connectivity index (χ0v) is 18.4. The Morgan fingerprint density at radius 2 is 1.84 bits per heavy atom. The number of hydrogen-bond acceptors (Lipinski definition) is 5. The molecule has 1 fully saturated rings. The second-order valence-corrected chi connectivity index (χ2v) is 8.84. The van der Waals surface area contributed by atoms with Gasteiger partial charge in [-0.25, -0.2) is 14.0 Å². The van der Waals surface area contributed by atoms with Crippen LogP contribution in [0.5, 0.6) is 5.75 Å². The molecule has 1 saturated carbocycles. The highest BCUT2D eigenvalue weighted by atomic mass is 19.4. The van der Waals surface area contributed by atoms with Crippen molar-refractivity contribution in [1.82, 2.24) is 14.3 Å². The third-order valence-corrected chi connectivity index (χ3v) is 5.15. The minimum Gasteiger partial charge on any atom is -0.480 e. The Balaban J connectivity index is 2.12. The van der Waals surface area contributed by atoms with Crippen molar-refractivity contribution in [1.29, 1.82) is 0 Å². The Labute approximate surface area is 181 Å². The van der Waals surface area contributed by atoms with Crippen molar-refractivity contribution >= 4 is 5.97 Å². The van der Waals surface area contributed by atoms with E-state index in [1.807, 2.05) is 0 Å². The number of nitrogens with zero attached hydrogens (tertiary/aromatic N) is 3. The molecule has 3 rings (SSSR count). The van der Waals surface area contributed by atoms with Gasteiger partial charge in [0.05, 0.1) is 0 Å². The molecule has 1 heterocycles. The van der Waals surface area contributed by atoms with Crippen LogP contribution in [0, 0.1) is 5.82 Å². The van der Waals surface area contributed by atoms with Crippen molar-refractivity contribution < 1.29 is 31.8 Å². The van der Waals surface area contributed by atoms with Crippen LogP contribution in [0.2, 0.25) is 0 Å². The van der Waals surface area contributed by atoms with Gasteiger partial charge in [-0.2, -0.15) is 17.9 Å². The maximum Gasteiger partial charge on any atom is 0.425 e. The summed E-state index contributed by atoms with van der Waals surface area (Å²) >= 11 is 0. The first-order valence-corrected chi connectivity index (χ1v) is 10.2. The van der Waals surface area contributed by atoms with Gasteiger partial charge in [0.1, 0.15) is 34.2 Å². The normalized spacial score (nSPS) is 15.9. The van der Waals surface area contributed by atoms with E-state index in [2.05, 4.69) is 5.10 Å². The second-order valence-electron chi connectivity index (χ2n) is 8.84. The van der Waals surface area contributed by atoms with Gasteiger partial charge in [-0.15, -0.1) is 5.10 Å². The van der Waals surface area contributed by atoms with E-state index in [9.17, 15) is 22.8 Å². The van der Waals surface area contributed by atoms with Crippen LogP contribution in [0.25, 0.3) is 5.69 Å². The zero-order chi connectivity index (χ0) is 24.0. The summed E-state index contributed by atoms with van der Waals surface area (Å²) in [6.07, 6.45) is -4.38. The summed E-state index contributed by atoms with van der Waals surface area (Å²) in [5.41, 5.74) is -2.59. The van der Waals surface area contributed by atoms with Crippen molar-refractivity contribution in [2.24, 2.45) is 7.05 Å². The van der Waals surface area contributed by atoms with Crippen LogP contribution in [0.3, 0.4) is 0 Å². The summed E-state index contributed by atoms with van der Waals surface area (Å²) < 4.78 is 66.5. The average molecular weight is 459 g/mol. The number of aromatic nitrogens is 3. The van der Waals surface area contributed by atoms with Gasteiger partial charge in [0.2, 0.25) is 0 Å². The highest BCUT2D eigenvalue weighted by molar-refractivity contribution is 5.93. The molecule has 32 heavy (non-hydrogen) atoms. The molecule has 0 unspecified atom stereocenters. The summed E-state index contributed by atoms with van der Waals surface area (Å²) in [4.78, 5) is 25.2. The summed E-state index contributed by atoms with van der Waals surface area (Å²) in [7, 11) is 1.50. The van der Waals surface area contributed by atoms with E-state index >= 15 is 4.39 Å². The average Bonchev–Trinajstić information content (AvgIpc) is 2.88. The van der Waals surface area contributed by atoms with E-state index in [0.29, 0.717) is 11.9 Å². The number of rotatable bonds is 5. The molecule has 0 aliphatic heterocycles. The molecule has 1 atom stereocenters. The van der Waals surface area contributed by atoms with Gasteiger partial charge in [-0.3, -0.25) is 4.57 Å². The molecule has 11 heteroatoms. The minimum absolute atomic E-state index is 0.0546. The van der Waals surface area contributed by atoms with Crippen LogP contribution in [-0.2, 0) is 11.8 Å². The summed E-state index contributed by atoms with van der Waals surface area (Å²) in [6.45, 7) is 5.43. The molecular weight excluding hydrogens is 434 g/mol. The smallest absolute Gasteiger partial charge is 0.425 e. The quantitative estimate of drug-likeness (QED) is 0.493. The van der Waals surface area contributed by atoms with Gasteiger partial charge in [-0.05, 0) is 46.6 Å². The Hall–Kier alpha value is -2.85. The Bertz CT molecular complexity index is 1080. The van der Waals surface area contributed by atoms with Crippen LogP contribution in [0.15, 0.2) is 16.9 Å². The summed E-state index contributed by atoms with van der Waals surface area (Å²) in [5, 5.41) is 4.20. The Kier molecular flexibility index (Phi) is 6.14. The van der Waals surface area contributed by atoms with Crippen molar-refractivity contribution in [3.63, 3.8) is 0 Å². The molecule has 0 N–H and O–H groups in total. The molecule has 1 aromatic carbocycles. The zero-order valence-electron chi connectivity index (χ0n) is 18.4. The van der Waals surface area contributed by atoms with Crippen LogP contribution in [0.4, 0.5) is 17.6 Å². The highest BCUT2D eigenvalue weighted by Crippen LogP contribution is 2.35. The fraction of sp³-hybridized carbons (Fsp3) is 0.571. The van der Waals surface area contributed by atoms with E-state index in [1.165, 1.54) is 11.6 Å². The fourth-order valence-corrected chi connectivity index (χ4v) is 3.18. The number of ether oxygens (including phenoxy) is 2. The lowest BCUT2D eigenvalue weighted by molar-refractivity contribution is -0.189. The number of carbonyl (C=O) groups is 1. The number of alkyl halides is 3. The van der Waals surface area contributed by atoms with Gasteiger partial charge in [0.15, 0.2) is 6.10 Å². The molecule has 0 bridgehead atoms. The van der Waals surface area contributed by atoms with Crippen molar-refractivity contribution in [2.75, 3.05) is 0 Å². The molecule has 2 aromatic rings. The van der Waals surface area contributed by atoms with E-state index in [4.69, 9.17) is 9.47 Å². The van der Waals surface area contributed by atoms with E-state index in [-0.39, 0.29) is 5.92 Å². The lowest BCUT2D eigenvalue weighted by Crippen LogP contribution is -2.32. The molecule has 1 aliphatic carbocycles. The predicted octanol–water partition coefficient (Wildman–Crippen LogP) is 4.26. The van der Waals surface area contributed by atoms with Crippen LogP contribution in [-0.4, -0.2) is 38.2 Å². The van der Waals surface area contributed by atoms with Gasteiger partial charge in [0.25, 0.3) is 0 Å². The van der Waals surface area contributed by atoms with Gasteiger partial charge >= 0.3 is 17.8 Å². The first-order valence-electron chi connectivity index (χ1n) is 10.2. The topological polar surface area (TPSA) is 75.4 Å². The largest absolute Gasteiger partial charge is 0.480 e.